The largest absolute Gasteiger partial charge is 0.334 e. The van der Waals surface area contributed by atoms with E-state index < -0.39 is 0 Å². The molecule has 0 bridgehead atoms. The van der Waals surface area contributed by atoms with E-state index in [4.69, 9.17) is 0 Å². The fraction of sp³-hybridized carbons (Fsp3) is 0.438. The zero-order valence-electron chi connectivity index (χ0n) is 13.2. The van der Waals surface area contributed by atoms with E-state index in [1.807, 2.05) is 11.8 Å². The number of benzene rings is 1. The fourth-order valence-electron chi connectivity index (χ4n) is 3.14. The second-order valence-electron chi connectivity index (χ2n) is 5.80. The van der Waals surface area contributed by atoms with Crippen molar-refractivity contribution in [2.75, 3.05) is 25.1 Å². The van der Waals surface area contributed by atoms with Crippen molar-refractivity contribution in [3.8, 4) is 6.07 Å². The monoisotopic (exact) mass is 360 g/mol. The molecule has 3 aliphatic rings. The molecule has 4 N–H and O–H groups in total. The Kier molecular flexibility index (Phi) is 4.98. The van der Waals surface area contributed by atoms with E-state index in [9.17, 15) is 5.26 Å². The molecule has 0 spiro atoms. The van der Waals surface area contributed by atoms with E-state index in [-0.39, 0.29) is 11.5 Å². The van der Waals surface area contributed by atoms with Crippen molar-refractivity contribution in [2.45, 2.75) is 16.9 Å². The third-order valence-electron chi connectivity index (χ3n) is 4.34. The Hall–Kier alpha value is -1.21. The highest BCUT2D eigenvalue weighted by molar-refractivity contribution is 7.99. The first kappa shape index (κ1) is 16.3. The maximum absolute atomic E-state index is 9.75. The van der Waals surface area contributed by atoms with Crippen LogP contribution in [-0.4, -0.2) is 35.5 Å². The smallest absolute Gasteiger partial charge is 0.144 e. The molecule has 0 radical (unpaired) electrons. The van der Waals surface area contributed by atoms with Crippen molar-refractivity contribution in [1.29, 1.82) is 5.26 Å². The number of hydrogen-bond acceptors (Lipinski definition) is 8. The predicted octanol–water partition coefficient (Wildman–Crippen LogP) is 1.50. The molecule has 4 rings (SSSR count). The summed E-state index contributed by atoms with van der Waals surface area (Å²) in [7, 11) is 0. The number of nitrogens with zero attached hydrogens (tertiary/aromatic N) is 2. The molecule has 3 aliphatic heterocycles. The second kappa shape index (κ2) is 7.35. The van der Waals surface area contributed by atoms with Crippen LogP contribution in [0.5, 0.6) is 0 Å². The van der Waals surface area contributed by atoms with E-state index in [1.165, 1.54) is 5.56 Å². The molecular formula is C16H20N6S2. The molecule has 3 heterocycles. The number of nitriles is 1. The Balaban J connectivity index is 1.60. The summed E-state index contributed by atoms with van der Waals surface area (Å²) in [4.78, 5) is 2.12. The summed E-state index contributed by atoms with van der Waals surface area (Å²) >= 11 is 3.63. The van der Waals surface area contributed by atoms with Gasteiger partial charge in [-0.15, -0.1) is 23.5 Å². The van der Waals surface area contributed by atoms with Gasteiger partial charge >= 0.3 is 0 Å². The lowest BCUT2D eigenvalue weighted by atomic mass is 9.95. The van der Waals surface area contributed by atoms with Crippen LogP contribution in [0.4, 0.5) is 0 Å². The number of hydrogen-bond donors (Lipinski definition) is 4. The van der Waals surface area contributed by atoms with E-state index in [0.29, 0.717) is 5.37 Å². The van der Waals surface area contributed by atoms with Crippen LogP contribution < -0.4 is 21.3 Å². The van der Waals surface area contributed by atoms with Gasteiger partial charge < -0.3 is 4.90 Å². The zero-order valence-corrected chi connectivity index (χ0v) is 14.8. The molecular weight excluding hydrogens is 340 g/mol. The summed E-state index contributed by atoms with van der Waals surface area (Å²) in [6.07, 6.45) is 4.18. The lowest BCUT2D eigenvalue weighted by Gasteiger charge is -2.39. The lowest BCUT2D eigenvalue weighted by Crippen LogP contribution is -2.50. The van der Waals surface area contributed by atoms with Gasteiger partial charge in [-0.05, 0) is 28.8 Å². The summed E-state index contributed by atoms with van der Waals surface area (Å²) < 4.78 is 0. The quantitative estimate of drug-likeness (QED) is 0.632. The number of thioether (sulfide) groups is 2. The SMILES string of the molecule is N#CC1c2ccc(C3NCNCS3)cc2C=CN1C1NCNCS1. The Bertz CT molecular complexity index is 661. The summed E-state index contributed by atoms with van der Waals surface area (Å²) in [6, 6.07) is 8.71. The van der Waals surface area contributed by atoms with Crippen LogP contribution in [0.15, 0.2) is 24.4 Å². The van der Waals surface area contributed by atoms with Gasteiger partial charge in [0.2, 0.25) is 0 Å². The maximum atomic E-state index is 9.75. The molecule has 0 amide bonds. The summed E-state index contributed by atoms with van der Waals surface area (Å²) in [6.45, 7) is 1.60. The van der Waals surface area contributed by atoms with Gasteiger partial charge in [-0.1, -0.05) is 12.1 Å². The highest BCUT2D eigenvalue weighted by Crippen LogP contribution is 2.36. The van der Waals surface area contributed by atoms with Gasteiger partial charge in [0.15, 0.2) is 0 Å². The minimum absolute atomic E-state index is 0.126. The minimum atomic E-state index is -0.254. The molecule has 0 aromatic heterocycles. The standard InChI is InChI=1S/C16H20N6S2/c17-6-14-13-2-1-12(15-20-7-18-9-23-15)5-11(13)3-4-22(14)16-21-8-19-10-24-16/h1-5,14-16,18-21H,7-10H2. The molecule has 3 atom stereocenters. The summed E-state index contributed by atoms with van der Waals surface area (Å²) in [5.41, 5.74) is 3.63. The normalized spacial score (nSPS) is 29.8. The molecule has 2 saturated heterocycles. The molecule has 0 aliphatic carbocycles. The van der Waals surface area contributed by atoms with Crippen molar-refractivity contribution in [3.05, 3.63) is 41.1 Å². The van der Waals surface area contributed by atoms with E-state index in [0.717, 1.165) is 36.2 Å². The fourth-order valence-corrected chi connectivity index (χ4v) is 5.01. The molecule has 6 nitrogen and oxygen atoms in total. The van der Waals surface area contributed by atoms with Crippen molar-refractivity contribution >= 4 is 29.6 Å². The average Bonchev–Trinajstić information content (AvgIpc) is 2.68. The molecule has 0 saturated carbocycles. The van der Waals surface area contributed by atoms with Gasteiger partial charge in [-0.3, -0.25) is 21.3 Å². The third-order valence-corrected chi connectivity index (χ3v) is 6.57. The molecule has 126 valence electrons. The molecule has 24 heavy (non-hydrogen) atoms. The Morgan fingerprint density at radius 1 is 1.12 bits per heavy atom. The first-order valence-corrected chi connectivity index (χ1v) is 10.1. The van der Waals surface area contributed by atoms with Crippen LogP contribution in [-0.2, 0) is 0 Å². The highest BCUT2D eigenvalue weighted by atomic mass is 32.2. The number of rotatable bonds is 2. The molecule has 8 heteroatoms. The van der Waals surface area contributed by atoms with Gasteiger partial charge in [0.1, 0.15) is 11.5 Å². The predicted molar refractivity (Wildman–Crippen MR) is 99.4 cm³/mol. The van der Waals surface area contributed by atoms with Crippen molar-refractivity contribution in [2.24, 2.45) is 0 Å². The van der Waals surface area contributed by atoms with Gasteiger partial charge in [-0.25, -0.2) is 0 Å². The Labute approximate surface area is 150 Å². The van der Waals surface area contributed by atoms with Crippen molar-refractivity contribution in [1.82, 2.24) is 26.2 Å². The van der Waals surface area contributed by atoms with E-state index >= 15 is 0 Å². The number of fused-ring (bicyclic) bond motifs is 1. The molecule has 2 fully saturated rings. The number of nitrogens with one attached hydrogen (secondary N) is 4. The van der Waals surface area contributed by atoms with Gasteiger partial charge in [-0.2, -0.15) is 5.26 Å². The van der Waals surface area contributed by atoms with Gasteiger partial charge in [0, 0.05) is 31.3 Å². The van der Waals surface area contributed by atoms with Crippen LogP contribution in [0.25, 0.3) is 6.08 Å². The Morgan fingerprint density at radius 3 is 2.67 bits per heavy atom. The summed E-state index contributed by atoms with van der Waals surface area (Å²) in [5.74, 6) is 1.85. The van der Waals surface area contributed by atoms with Gasteiger partial charge in [0.05, 0.1) is 11.4 Å². The maximum Gasteiger partial charge on any atom is 0.144 e. The highest BCUT2D eigenvalue weighted by Gasteiger charge is 2.30. The topological polar surface area (TPSA) is 75.2 Å². The molecule has 1 aromatic carbocycles. The molecule has 3 unspecified atom stereocenters. The van der Waals surface area contributed by atoms with Crippen LogP contribution in [0.1, 0.15) is 28.1 Å². The Morgan fingerprint density at radius 2 is 1.96 bits per heavy atom. The van der Waals surface area contributed by atoms with Crippen LogP contribution in [0.3, 0.4) is 0 Å². The van der Waals surface area contributed by atoms with Crippen LogP contribution >= 0.6 is 23.5 Å². The lowest BCUT2D eigenvalue weighted by molar-refractivity contribution is 0.265. The van der Waals surface area contributed by atoms with Gasteiger partial charge in [0.25, 0.3) is 0 Å². The second-order valence-corrected chi connectivity index (χ2v) is 7.96. The first-order valence-electron chi connectivity index (χ1n) is 7.97. The zero-order chi connectivity index (χ0) is 16.4. The first-order chi connectivity index (χ1) is 11.9. The third kappa shape index (κ3) is 3.16. The molecule has 1 aromatic rings. The minimum Gasteiger partial charge on any atom is -0.334 e. The van der Waals surface area contributed by atoms with Crippen LogP contribution in [0.2, 0.25) is 0 Å². The van der Waals surface area contributed by atoms with Crippen molar-refractivity contribution in [3.63, 3.8) is 0 Å². The van der Waals surface area contributed by atoms with Crippen LogP contribution in [0, 0.1) is 11.3 Å². The van der Waals surface area contributed by atoms with E-state index in [1.54, 1.807) is 11.8 Å². The average molecular weight is 361 g/mol. The summed E-state index contributed by atoms with van der Waals surface area (Å²) in [5, 5.41) is 23.5. The van der Waals surface area contributed by atoms with Crippen molar-refractivity contribution < 1.29 is 0 Å². The van der Waals surface area contributed by atoms with E-state index in [2.05, 4.69) is 62.7 Å².